The first-order chi connectivity index (χ1) is 20.3. The predicted molar refractivity (Wildman–Crippen MR) is 152 cm³/mol. The van der Waals surface area contributed by atoms with Crippen LogP contribution in [0, 0.1) is 11.6 Å². The van der Waals surface area contributed by atoms with Gasteiger partial charge in [0, 0.05) is 55.8 Å². The number of nitrogens with one attached hydrogen (secondary N) is 1. The van der Waals surface area contributed by atoms with Gasteiger partial charge in [0.1, 0.15) is 30.0 Å². The number of piperazine rings is 1. The van der Waals surface area contributed by atoms with Crippen molar-refractivity contribution in [3.05, 3.63) is 94.6 Å². The van der Waals surface area contributed by atoms with Crippen molar-refractivity contribution in [2.24, 2.45) is 0 Å². The maximum absolute atomic E-state index is 14.2. The fourth-order valence-electron chi connectivity index (χ4n) is 6.04. The Morgan fingerprint density at radius 3 is 2.45 bits per heavy atom. The smallest absolute Gasteiger partial charge is 0.255 e. The number of amides is 3. The van der Waals surface area contributed by atoms with Gasteiger partial charge < -0.3 is 14.5 Å². The van der Waals surface area contributed by atoms with Crippen molar-refractivity contribution in [1.82, 2.24) is 15.1 Å². The maximum Gasteiger partial charge on any atom is 0.255 e. The summed E-state index contributed by atoms with van der Waals surface area (Å²) in [5.41, 5.74) is 3.84. The van der Waals surface area contributed by atoms with Crippen molar-refractivity contribution in [3.8, 4) is 5.75 Å². The van der Waals surface area contributed by atoms with Crippen molar-refractivity contribution >= 4 is 23.4 Å². The number of ether oxygens (including phenoxy) is 1. The van der Waals surface area contributed by atoms with E-state index in [1.165, 1.54) is 17.0 Å². The molecular weight excluding hydrogens is 542 g/mol. The molecule has 0 aromatic heterocycles. The zero-order valence-electron chi connectivity index (χ0n) is 23.3. The van der Waals surface area contributed by atoms with Gasteiger partial charge in [-0.05, 0) is 48.7 Å². The summed E-state index contributed by atoms with van der Waals surface area (Å²) >= 11 is 0. The highest BCUT2D eigenvalue weighted by molar-refractivity contribution is 6.05. The van der Waals surface area contributed by atoms with Crippen molar-refractivity contribution < 1.29 is 27.9 Å². The lowest BCUT2D eigenvalue weighted by Gasteiger charge is -2.39. The summed E-state index contributed by atoms with van der Waals surface area (Å²) in [5, 5.41) is 2.33. The van der Waals surface area contributed by atoms with Crippen molar-refractivity contribution in [3.63, 3.8) is 0 Å². The molecule has 3 aromatic carbocycles. The summed E-state index contributed by atoms with van der Waals surface area (Å²) in [4.78, 5) is 42.8. The van der Waals surface area contributed by atoms with Crippen LogP contribution in [0.4, 0.5) is 14.5 Å². The van der Waals surface area contributed by atoms with Crippen LogP contribution in [0.25, 0.3) is 0 Å². The summed E-state index contributed by atoms with van der Waals surface area (Å²) in [6, 6.07) is 16.8. The highest BCUT2D eigenvalue weighted by atomic mass is 19.1. The molecule has 1 N–H and O–H groups in total. The van der Waals surface area contributed by atoms with E-state index in [1.54, 1.807) is 12.1 Å². The molecule has 0 saturated carbocycles. The molecule has 42 heavy (non-hydrogen) atoms. The minimum atomic E-state index is -0.669. The second-order valence-electron chi connectivity index (χ2n) is 11.0. The number of rotatable bonds is 7. The molecule has 0 bridgehead atoms. The molecule has 1 unspecified atom stereocenters. The van der Waals surface area contributed by atoms with E-state index in [-0.39, 0.29) is 30.8 Å². The number of nitrogens with zero attached hydrogens (tertiary/aromatic N) is 3. The number of hydrogen-bond donors (Lipinski definition) is 1. The van der Waals surface area contributed by atoms with E-state index in [4.69, 9.17) is 4.74 Å². The average molecular weight is 575 g/mol. The molecule has 2 saturated heterocycles. The second-order valence-corrected chi connectivity index (χ2v) is 11.0. The summed E-state index contributed by atoms with van der Waals surface area (Å²) in [6.45, 7) is 5.56. The number of hydrogen-bond acceptors (Lipinski definition) is 6. The predicted octanol–water partition coefficient (Wildman–Crippen LogP) is 4.19. The minimum absolute atomic E-state index is 0.168. The van der Waals surface area contributed by atoms with Gasteiger partial charge in [-0.25, -0.2) is 8.78 Å². The number of piperidine rings is 1. The first-order valence-corrected chi connectivity index (χ1v) is 14.2. The fourth-order valence-corrected chi connectivity index (χ4v) is 6.04. The largest absolute Gasteiger partial charge is 0.489 e. The van der Waals surface area contributed by atoms with Crippen LogP contribution in [-0.2, 0) is 22.7 Å². The molecule has 3 heterocycles. The third kappa shape index (κ3) is 5.46. The Hall–Kier alpha value is -4.31. The van der Waals surface area contributed by atoms with Gasteiger partial charge in [0.2, 0.25) is 11.8 Å². The summed E-state index contributed by atoms with van der Waals surface area (Å²) in [5.74, 6) is -1.49. The molecule has 0 radical (unpaired) electrons. The SMILES string of the molecule is CC(c1ccc(COc2cccc3c2CN([C@H]2CCC(=O)NC2=O)C3=O)cc1)N1CCN(c2ccc(F)cc2F)CC1. The number of benzene rings is 3. The van der Waals surface area contributed by atoms with E-state index >= 15 is 0 Å². The monoisotopic (exact) mass is 574 g/mol. The van der Waals surface area contributed by atoms with Gasteiger partial charge >= 0.3 is 0 Å². The third-order valence-corrected chi connectivity index (χ3v) is 8.51. The molecule has 3 aliphatic rings. The zero-order valence-corrected chi connectivity index (χ0v) is 23.3. The quantitative estimate of drug-likeness (QED) is 0.427. The van der Waals surface area contributed by atoms with Gasteiger partial charge in [0.15, 0.2) is 0 Å². The van der Waals surface area contributed by atoms with Gasteiger partial charge in [-0.15, -0.1) is 0 Å². The Bertz CT molecular complexity index is 1520. The number of halogens is 2. The molecule has 2 fully saturated rings. The molecule has 10 heteroatoms. The topological polar surface area (TPSA) is 82.2 Å². The number of carbonyl (C=O) groups is 3. The molecule has 0 aliphatic carbocycles. The normalized spacial score (nSPS) is 20.0. The molecule has 3 aliphatic heterocycles. The van der Waals surface area contributed by atoms with E-state index in [9.17, 15) is 23.2 Å². The number of carbonyl (C=O) groups excluding carboxylic acids is 3. The molecule has 0 spiro atoms. The van der Waals surface area contributed by atoms with Crippen molar-refractivity contribution in [2.45, 2.75) is 45.0 Å². The lowest BCUT2D eigenvalue weighted by molar-refractivity contribution is -0.136. The van der Waals surface area contributed by atoms with Crippen LogP contribution in [0.2, 0.25) is 0 Å². The Morgan fingerprint density at radius 2 is 1.74 bits per heavy atom. The molecule has 3 aromatic rings. The number of fused-ring (bicyclic) bond motifs is 1. The molecule has 3 amide bonds. The van der Waals surface area contributed by atoms with Crippen LogP contribution < -0.4 is 15.0 Å². The van der Waals surface area contributed by atoms with E-state index in [0.717, 1.165) is 35.8 Å². The Balaban J connectivity index is 1.05. The van der Waals surface area contributed by atoms with Crippen LogP contribution in [-0.4, -0.2) is 59.7 Å². The first kappa shape index (κ1) is 27.8. The second kappa shape index (κ2) is 11.5. The van der Waals surface area contributed by atoms with E-state index in [1.807, 2.05) is 23.1 Å². The van der Waals surface area contributed by atoms with E-state index in [0.29, 0.717) is 43.1 Å². The Labute approximate surface area is 242 Å². The summed E-state index contributed by atoms with van der Waals surface area (Å²) < 4.78 is 33.7. The van der Waals surface area contributed by atoms with Crippen LogP contribution >= 0.6 is 0 Å². The lowest BCUT2D eigenvalue weighted by atomic mass is 10.0. The third-order valence-electron chi connectivity index (χ3n) is 8.51. The fraction of sp³-hybridized carbons (Fsp3) is 0.344. The molecular formula is C32H32F2N4O4. The van der Waals surface area contributed by atoms with Gasteiger partial charge in [0.25, 0.3) is 5.91 Å². The number of imide groups is 1. The highest BCUT2D eigenvalue weighted by Crippen LogP contribution is 2.34. The number of anilines is 1. The van der Waals surface area contributed by atoms with Crippen LogP contribution in [0.1, 0.15) is 52.9 Å². The molecule has 218 valence electrons. The van der Waals surface area contributed by atoms with Gasteiger partial charge in [-0.1, -0.05) is 30.3 Å². The summed E-state index contributed by atoms with van der Waals surface area (Å²) in [6.07, 6.45) is 0.522. The van der Waals surface area contributed by atoms with E-state index < -0.39 is 23.6 Å². The molecule has 2 atom stereocenters. The van der Waals surface area contributed by atoms with Crippen LogP contribution in [0.5, 0.6) is 5.75 Å². The minimum Gasteiger partial charge on any atom is -0.489 e. The van der Waals surface area contributed by atoms with Gasteiger partial charge in [-0.3, -0.25) is 24.6 Å². The van der Waals surface area contributed by atoms with Crippen LogP contribution in [0.15, 0.2) is 60.7 Å². The first-order valence-electron chi connectivity index (χ1n) is 14.2. The summed E-state index contributed by atoms with van der Waals surface area (Å²) in [7, 11) is 0. The van der Waals surface area contributed by atoms with Gasteiger partial charge in [-0.2, -0.15) is 0 Å². The van der Waals surface area contributed by atoms with Gasteiger partial charge in [0.05, 0.1) is 12.2 Å². The molecule has 8 nitrogen and oxygen atoms in total. The van der Waals surface area contributed by atoms with E-state index in [2.05, 4.69) is 29.3 Å². The van der Waals surface area contributed by atoms with Crippen LogP contribution in [0.3, 0.4) is 0 Å². The lowest BCUT2D eigenvalue weighted by Crippen LogP contribution is -2.52. The Kier molecular flexibility index (Phi) is 7.64. The maximum atomic E-state index is 14.2. The zero-order chi connectivity index (χ0) is 29.4. The van der Waals surface area contributed by atoms with Crippen molar-refractivity contribution in [1.29, 1.82) is 0 Å². The standard InChI is InChI=1S/C32H32F2N4O4/c1-20(36-13-15-37(16-14-36)27-10-9-23(33)17-26(27)34)22-7-5-21(6-8-22)19-42-29-4-2-3-24-25(29)18-38(32(24)41)28-11-12-30(39)35-31(28)40/h2-10,17,20,28H,11-16,18-19H2,1H3,(H,35,39,40)/t20?,28-/m0/s1. The highest BCUT2D eigenvalue weighted by Gasteiger charge is 2.40. The average Bonchev–Trinajstić information content (AvgIpc) is 3.32. The Morgan fingerprint density at radius 1 is 0.976 bits per heavy atom. The molecule has 6 rings (SSSR count). The van der Waals surface area contributed by atoms with Crippen molar-refractivity contribution in [2.75, 3.05) is 31.1 Å².